The molecule has 0 saturated carbocycles. The summed E-state index contributed by atoms with van der Waals surface area (Å²) >= 11 is 0. The summed E-state index contributed by atoms with van der Waals surface area (Å²) in [6.45, 7) is 6.77. The molecule has 0 aromatic rings. The van der Waals surface area contributed by atoms with Crippen molar-refractivity contribution < 1.29 is 13.2 Å². The second-order valence-electron chi connectivity index (χ2n) is 5.27. The number of nitrogens with one attached hydrogen (secondary N) is 1. The van der Waals surface area contributed by atoms with Crippen molar-refractivity contribution in [3.63, 3.8) is 0 Å². The van der Waals surface area contributed by atoms with E-state index < -0.39 is 9.84 Å². The highest BCUT2D eigenvalue weighted by Crippen LogP contribution is 2.30. The van der Waals surface area contributed by atoms with Crippen LogP contribution in [0.3, 0.4) is 0 Å². The Bertz CT molecular complexity index is 314. The van der Waals surface area contributed by atoms with Gasteiger partial charge in [-0.05, 0) is 30.7 Å². The second kappa shape index (κ2) is 6.71. The summed E-state index contributed by atoms with van der Waals surface area (Å²) in [5.41, 5.74) is 0. The Morgan fingerprint density at radius 2 is 2.12 bits per heavy atom. The minimum absolute atomic E-state index is 0.329. The lowest BCUT2D eigenvalue weighted by atomic mass is 9.83. The van der Waals surface area contributed by atoms with Crippen molar-refractivity contribution in [2.24, 2.45) is 17.8 Å². The van der Waals surface area contributed by atoms with Crippen molar-refractivity contribution in [3.05, 3.63) is 0 Å². The molecule has 1 N–H and O–H groups in total. The molecule has 2 unspecified atom stereocenters. The van der Waals surface area contributed by atoms with Gasteiger partial charge >= 0.3 is 0 Å². The molecule has 0 amide bonds. The molecule has 4 nitrogen and oxygen atoms in total. The second-order valence-corrected chi connectivity index (χ2v) is 7.50. The maximum absolute atomic E-state index is 11.5. The van der Waals surface area contributed by atoms with Crippen LogP contribution in [-0.2, 0) is 14.6 Å². The van der Waals surface area contributed by atoms with Crippen LogP contribution in [0.25, 0.3) is 0 Å². The number of hydrogen-bond donors (Lipinski definition) is 1. The predicted molar refractivity (Wildman–Crippen MR) is 69.8 cm³/mol. The van der Waals surface area contributed by atoms with Crippen molar-refractivity contribution in [3.8, 4) is 0 Å². The van der Waals surface area contributed by atoms with Crippen molar-refractivity contribution >= 4 is 9.84 Å². The van der Waals surface area contributed by atoms with Gasteiger partial charge in [0.05, 0.1) is 18.1 Å². The van der Waals surface area contributed by atoms with Gasteiger partial charge in [-0.3, -0.25) is 0 Å². The molecule has 1 aliphatic rings. The maximum Gasteiger partial charge on any atom is 0.150 e. The highest BCUT2D eigenvalue weighted by Gasteiger charge is 2.34. The van der Waals surface area contributed by atoms with Gasteiger partial charge < -0.3 is 10.1 Å². The number of rotatable bonds is 7. The van der Waals surface area contributed by atoms with E-state index in [1.165, 1.54) is 0 Å². The molecule has 2 atom stereocenters. The zero-order valence-electron chi connectivity index (χ0n) is 11.1. The van der Waals surface area contributed by atoms with Crippen LogP contribution in [0.5, 0.6) is 0 Å². The summed E-state index contributed by atoms with van der Waals surface area (Å²) in [5, 5.41) is 3.35. The van der Waals surface area contributed by atoms with Crippen LogP contribution in [0.2, 0.25) is 0 Å². The fourth-order valence-corrected chi connectivity index (χ4v) is 4.45. The summed E-state index contributed by atoms with van der Waals surface area (Å²) in [5.74, 6) is 2.04. The fourth-order valence-electron chi connectivity index (χ4n) is 2.55. The van der Waals surface area contributed by atoms with E-state index in [4.69, 9.17) is 4.74 Å². The number of hydrogen-bond acceptors (Lipinski definition) is 4. The summed E-state index contributed by atoms with van der Waals surface area (Å²) in [7, 11) is -1.08. The quantitative estimate of drug-likeness (QED) is 0.694. The average molecular weight is 263 g/mol. The third kappa shape index (κ3) is 4.94. The Morgan fingerprint density at radius 1 is 1.41 bits per heavy atom. The summed E-state index contributed by atoms with van der Waals surface area (Å²) < 4.78 is 28.0. The molecule has 0 aromatic heterocycles. The van der Waals surface area contributed by atoms with Gasteiger partial charge in [-0.1, -0.05) is 13.8 Å². The zero-order valence-corrected chi connectivity index (χ0v) is 11.9. The van der Waals surface area contributed by atoms with Gasteiger partial charge in [0.2, 0.25) is 0 Å². The zero-order chi connectivity index (χ0) is 12.9. The molecule has 1 rings (SSSR count). The fraction of sp³-hybridized carbons (Fsp3) is 1.00. The Labute approximate surface area is 105 Å². The van der Waals surface area contributed by atoms with Gasteiger partial charge in [-0.25, -0.2) is 8.42 Å². The highest BCUT2D eigenvalue weighted by molar-refractivity contribution is 7.91. The van der Waals surface area contributed by atoms with Crippen molar-refractivity contribution in [2.75, 3.05) is 38.3 Å². The normalized spacial score (nSPS) is 25.3. The Balaban J connectivity index is 2.44. The summed E-state index contributed by atoms with van der Waals surface area (Å²) in [6, 6.07) is 0. The Hall–Kier alpha value is -0.130. The molecule has 0 aliphatic carbocycles. The monoisotopic (exact) mass is 263 g/mol. The van der Waals surface area contributed by atoms with Crippen LogP contribution >= 0.6 is 0 Å². The average Bonchev–Trinajstić information content (AvgIpc) is 2.58. The van der Waals surface area contributed by atoms with Gasteiger partial charge in [0, 0.05) is 13.7 Å². The molecular formula is C12H25NO3S. The van der Waals surface area contributed by atoms with E-state index in [0.29, 0.717) is 35.9 Å². The van der Waals surface area contributed by atoms with Gasteiger partial charge in [0.1, 0.15) is 0 Å². The molecule has 0 bridgehead atoms. The molecule has 1 aliphatic heterocycles. The molecule has 1 saturated heterocycles. The largest absolute Gasteiger partial charge is 0.383 e. The third-order valence-corrected chi connectivity index (χ3v) is 5.39. The lowest BCUT2D eigenvalue weighted by Gasteiger charge is -2.26. The van der Waals surface area contributed by atoms with Crippen LogP contribution in [0, 0.1) is 17.8 Å². The molecule has 102 valence electrons. The van der Waals surface area contributed by atoms with Gasteiger partial charge in [-0.15, -0.1) is 0 Å². The molecule has 0 aromatic carbocycles. The van der Waals surface area contributed by atoms with E-state index in [9.17, 15) is 8.42 Å². The Kier molecular flexibility index (Phi) is 5.89. The minimum atomic E-state index is -2.76. The first-order chi connectivity index (χ1) is 7.96. The van der Waals surface area contributed by atoms with E-state index in [1.807, 2.05) is 0 Å². The first-order valence-corrected chi connectivity index (χ1v) is 8.18. The van der Waals surface area contributed by atoms with E-state index in [0.717, 1.165) is 19.5 Å². The van der Waals surface area contributed by atoms with Gasteiger partial charge in [0.15, 0.2) is 9.84 Å². The van der Waals surface area contributed by atoms with E-state index in [-0.39, 0.29) is 0 Å². The van der Waals surface area contributed by atoms with Crippen molar-refractivity contribution in [2.45, 2.75) is 20.3 Å². The van der Waals surface area contributed by atoms with Gasteiger partial charge in [0.25, 0.3) is 0 Å². The molecule has 0 spiro atoms. The van der Waals surface area contributed by atoms with Crippen LogP contribution in [0.4, 0.5) is 0 Å². The lowest BCUT2D eigenvalue weighted by molar-refractivity contribution is 0.191. The Morgan fingerprint density at radius 3 is 2.59 bits per heavy atom. The number of methoxy groups -OCH3 is 1. The third-order valence-electron chi connectivity index (χ3n) is 3.59. The molecule has 0 radical (unpaired) electrons. The first-order valence-electron chi connectivity index (χ1n) is 6.36. The van der Waals surface area contributed by atoms with Crippen LogP contribution in [0.1, 0.15) is 20.3 Å². The smallest absolute Gasteiger partial charge is 0.150 e. The topological polar surface area (TPSA) is 55.4 Å². The predicted octanol–water partition coefficient (Wildman–Crippen LogP) is 0.929. The van der Waals surface area contributed by atoms with E-state index in [1.54, 1.807) is 7.11 Å². The summed E-state index contributed by atoms with van der Waals surface area (Å²) in [4.78, 5) is 0. The summed E-state index contributed by atoms with van der Waals surface area (Å²) in [6.07, 6.45) is 0.830. The minimum Gasteiger partial charge on any atom is -0.383 e. The molecule has 17 heavy (non-hydrogen) atoms. The standard InChI is InChI=1S/C12H25NO3S/c1-10(2)12(8-13-5-6-16-3)11-4-7-17(14,15)9-11/h10-13H,4-9H2,1-3H3. The molecule has 5 heteroatoms. The van der Waals surface area contributed by atoms with Crippen LogP contribution < -0.4 is 5.32 Å². The van der Waals surface area contributed by atoms with Crippen LogP contribution in [0.15, 0.2) is 0 Å². The first kappa shape index (κ1) is 14.9. The van der Waals surface area contributed by atoms with Crippen LogP contribution in [-0.4, -0.2) is 46.7 Å². The number of ether oxygens (including phenoxy) is 1. The lowest BCUT2D eigenvalue weighted by Crippen LogP contribution is -2.34. The molecule has 1 heterocycles. The number of sulfone groups is 1. The van der Waals surface area contributed by atoms with Crippen molar-refractivity contribution in [1.29, 1.82) is 0 Å². The molecular weight excluding hydrogens is 238 g/mol. The maximum atomic E-state index is 11.5. The van der Waals surface area contributed by atoms with Gasteiger partial charge in [-0.2, -0.15) is 0 Å². The van der Waals surface area contributed by atoms with Crippen molar-refractivity contribution in [1.82, 2.24) is 5.32 Å². The SMILES string of the molecule is COCCNCC(C(C)C)C1CCS(=O)(=O)C1. The molecule has 1 fully saturated rings. The van der Waals surface area contributed by atoms with E-state index >= 15 is 0 Å². The highest BCUT2D eigenvalue weighted by atomic mass is 32.2. The van der Waals surface area contributed by atoms with E-state index in [2.05, 4.69) is 19.2 Å².